The molecule has 0 aromatic rings. The number of ether oxygens (including phenoxy) is 2. The zero-order chi connectivity index (χ0) is 10.1. The molecule has 76 valence electrons. The summed E-state index contributed by atoms with van der Waals surface area (Å²) in [6.45, 7) is 8.03. The minimum atomic E-state index is -0.378. The van der Waals surface area contributed by atoms with Gasteiger partial charge in [0.05, 0.1) is 0 Å². The van der Waals surface area contributed by atoms with Crippen LogP contribution in [0.25, 0.3) is 0 Å². The predicted octanol–water partition coefficient (Wildman–Crippen LogP) is 2.10. The first-order valence-corrected chi connectivity index (χ1v) is 4.81. The summed E-state index contributed by atoms with van der Waals surface area (Å²) < 4.78 is 10.6. The molecule has 1 aliphatic rings. The maximum atomic E-state index is 11.3. The van der Waals surface area contributed by atoms with Gasteiger partial charge in [-0.15, -0.1) is 0 Å². The molecule has 0 unspecified atom stereocenters. The van der Waals surface area contributed by atoms with Crippen molar-refractivity contribution >= 4 is 5.97 Å². The lowest BCUT2D eigenvalue weighted by atomic mass is 9.96. The Morgan fingerprint density at radius 3 is 2.38 bits per heavy atom. The highest BCUT2D eigenvalue weighted by Crippen LogP contribution is 2.30. The van der Waals surface area contributed by atoms with E-state index in [-0.39, 0.29) is 23.8 Å². The quantitative estimate of drug-likeness (QED) is 0.619. The predicted molar refractivity (Wildman–Crippen MR) is 49.1 cm³/mol. The first-order chi connectivity index (χ1) is 5.95. The zero-order valence-corrected chi connectivity index (χ0v) is 8.79. The fourth-order valence-electron chi connectivity index (χ4n) is 1.24. The van der Waals surface area contributed by atoms with Crippen LogP contribution in [0, 0.1) is 5.41 Å². The summed E-state index contributed by atoms with van der Waals surface area (Å²) >= 11 is 0. The smallest absolute Gasteiger partial charge is 0.337 e. The molecule has 0 amide bonds. The summed E-state index contributed by atoms with van der Waals surface area (Å²) in [6, 6.07) is 0. The van der Waals surface area contributed by atoms with Gasteiger partial charge in [0.15, 0.2) is 6.10 Å². The third-order valence-corrected chi connectivity index (χ3v) is 2.03. The molecule has 3 heteroatoms. The van der Waals surface area contributed by atoms with Crippen LogP contribution < -0.4 is 0 Å². The summed E-state index contributed by atoms with van der Waals surface area (Å²) in [6.07, 6.45) is 0.980. The Morgan fingerprint density at radius 1 is 1.38 bits per heavy atom. The molecule has 0 bridgehead atoms. The van der Waals surface area contributed by atoms with E-state index in [9.17, 15) is 4.79 Å². The van der Waals surface area contributed by atoms with Crippen molar-refractivity contribution in [2.45, 2.75) is 52.9 Å². The van der Waals surface area contributed by atoms with Crippen LogP contribution in [-0.2, 0) is 14.3 Å². The Labute approximate surface area is 79.4 Å². The van der Waals surface area contributed by atoms with E-state index in [1.54, 1.807) is 0 Å². The van der Waals surface area contributed by atoms with Gasteiger partial charge in [-0.05, 0) is 6.42 Å². The van der Waals surface area contributed by atoms with Crippen molar-refractivity contribution in [3.63, 3.8) is 0 Å². The molecule has 1 rings (SSSR count). The summed E-state index contributed by atoms with van der Waals surface area (Å²) in [5.41, 5.74) is -0.127. The van der Waals surface area contributed by atoms with Crippen LogP contribution in [0.3, 0.4) is 0 Å². The highest BCUT2D eigenvalue weighted by molar-refractivity contribution is 5.76. The molecule has 0 aromatic heterocycles. The van der Waals surface area contributed by atoms with Crippen molar-refractivity contribution in [3.05, 3.63) is 0 Å². The van der Waals surface area contributed by atoms with E-state index in [2.05, 4.69) is 0 Å². The number of carbonyl (C=O) groups is 1. The van der Waals surface area contributed by atoms with Gasteiger partial charge in [-0.1, -0.05) is 34.1 Å². The fourth-order valence-corrected chi connectivity index (χ4v) is 1.24. The maximum Gasteiger partial charge on any atom is 0.337 e. The van der Waals surface area contributed by atoms with Crippen molar-refractivity contribution < 1.29 is 14.3 Å². The minimum Gasteiger partial charge on any atom is -0.433 e. The van der Waals surface area contributed by atoms with E-state index in [1.807, 2.05) is 27.7 Å². The number of hydrogen-bond donors (Lipinski definition) is 0. The topological polar surface area (TPSA) is 35.5 Å². The second-order valence-corrected chi connectivity index (χ2v) is 4.55. The molecule has 2 atom stereocenters. The van der Waals surface area contributed by atoms with Crippen LogP contribution >= 0.6 is 0 Å². The number of hydrogen-bond acceptors (Lipinski definition) is 3. The second kappa shape index (κ2) is 3.66. The molecule has 3 nitrogen and oxygen atoms in total. The van der Waals surface area contributed by atoms with Crippen molar-refractivity contribution in [1.82, 2.24) is 0 Å². The van der Waals surface area contributed by atoms with Gasteiger partial charge in [-0.2, -0.15) is 0 Å². The minimum absolute atomic E-state index is 0.127. The number of rotatable bonds is 2. The molecule has 1 saturated heterocycles. The van der Waals surface area contributed by atoms with E-state index in [4.69, 9.17) is 9.47 Å². The van der Waals surface area contributed by atoms with E-state index < -0.39 is 0 Å². The molecule has 0 radical (unpaired) electrons. The molecular weight excluding hydrogens is 168 g/mol. The Kier molecular flexibility index (Phi) is 2.96. The third kappa shape index (κ3) is 2.44. The molecule has 0 saturated carbocycles. The Bertz CT molecular complexity index is 193. The molecule has 0 N–H and O–H groups in total. The third-order valence-electron chi connectivity index (χ3n) is 2.03. The van der Waals surface area contributed by atoms with Gasteiger partial charge in [0.25, 0.3) is 0 Å². The highest BCUT2D eigenvalue weighted by atomic mass is 16.8. The molecule has 0 aromatic carbocycles. The molecule has 1 aliphatic heterocycles. The lowest BCUT2D eigenvalue weighted by Crippen LogP contribution is -2.27. The van der Waals surface area contributed by atoms with Crippen LogP contribution in [0.4, 0.5) is 0 Å². The lowest BCUT2D eigenvalue weighted by molar-refractivity contribution is -0.154. The fraction of sp³-hybridized carbons (Fsp3) is 0.900. The zero-order valence-electron chi connectivity index (χ0n) is 8.79. The van der Waals surface area contributed by atoms with Crippen molar-refractivity contribution in [1.29, 1.82) is 0 Å². The van der Waals surface area contributed by atoms with Crippen LogP contribution in [0.2, 0.25) is 0 Å². The Balaban J connectivity index is 2.55. The van der Waals surface area contributed by atoms with Gasteiger partial charge in [0, 0.05) is 5.41 Å². The SMILES string of the molecule is CCC[C@@H]1O[C@H](C(C)(C)C)OC1=O. The van der Waals surface area contributed by atoms with Crippen LogP contribution in [0.1, 0.15) is 40.5 Å². The number of esters is 1. The molecule has 0 aliphatic carbocycles. The van der Waals surface area contributed by atoms with Crippen molar-refractivity contribution in [3.8, 4) is 0 Å². The molecule has 1 heterocycles. The summed E-state index contributed by atoms with van der Waals surface area (Å²) in [7, 11) is 0. The van der Waals surface area contributed by atoms with Gasteiger partial charge >= 0.3 is 5.97 Å². The first-order valence-electron chi connectivity index (χ1n) is 4.81. The van der Waals surface area contributed by atoms with Gasteiger partial charge in [-0.25, -0.2) is 4.79 Å². The molecular formula is C10H18O3. The summed E-state index contributed by atoms with van der Waals surface area (Å²) in [5, 5.41) is 0. The molecule has 0 spiro atoms. The van der Waals surface area contributed by atoms with E-state index >= 15 is 0 Å². The van der Waals surface area contributed by atoms with Gasteiger partial charge in [0.1, 0.15) is 0 Å². The number of carbonyl (C=O) groups excluding carboxylic acids is 1. The lowest BCUT2D eigenvalue weighted by Gasteiger charge is -2.23. The van der Waals surface area contributed by atoms with E-state index in [1.165, 1.54) is 0 Å². The summed E-state index contributed by atoms with van der Waals surface area (Å²) in [4.78, 5) is 11.3. The van der Waals surface area contributed by atoms with Gasteiger partial charge < -0.3 is 9.47 Å². The average molecular weight is 186 g/mol. The molecule has 13 heavy (non-hydrogen) atoms. The highest BCUT2D eigenvalue weighted by Gasteiger charge is 2.40. The normalized spacial score (nSPS) is 29.1. The van der Waals surface area contributed by atoms with Crippen LogP contribution in [-0.4, -0.2) is 18.4 Å². The monoisotopic (exact) mass is 186 g/mol. The second-order valence-electron chi connectivity index (χ2n) is 4.55. The van der Waals surface area contributed by atoms with E-state index in [0.717, 1.165) is 12.8 Å². The summed E-state index contributed by atoms with van der Waals surface area (Å²) in [5.74, 6) is -0.207. The number of cyclic esters (lactones) is 1. The van der Waals surface area contributed by atoms with Crippen LogP contribution in [0.15, 0.2) is 0 Å². The van der Waals surface area contributed by atoms with Crippen LogP contribution in [0.5, 0.6) is 0 Å². The van der Waals surface area contributed by atoms with Gasteiger partial charge in [0.2, 0.25) is 6.29 Å². The standard InChI is InChI=1S/C10H18O3/c1-5-6-7-8(11)13-9(12-7)10(2,3)4/h7,9H,5-6H2,1-4H3/t7-,9-/m0/s1. The van der Waals surface area contributed by atoms with E-state index in [0.29, 0.717) is 0 Å². The largest absolute Gasteiger partial charge is 0.433 e. The Morgan fingerprint density at radius 2 is 2.00 bits per heavy atom. The Hall–Kier alpha value is -0.570. The average Bonchev–Trinajstić information content (AvgIpc) is 2.32. The molecule has 1 fully saturated rings. The van der Waals surface area contributed by atoms with Crippen molar-refractivity contribution in [2.75, 3.05) is 0 Å². The van der Waals surface area contributed by atoms with Crippen molar-refractivity contribution in [2.24, 2.45) is 5.41 Å². The van der Waals surface area contributed by atoms with Gasteiger partial charge in [-0.3, -0.25) is 0 Å². The maximum absolute atomic E-state index is 11.3. The first kappa shape index (κ1) is 10.5.